The van der Waals surface area contributed by atoms with Crippen LogP contribution in [0.25, 0.3) is 0 Å². The molecule has 3 amide bonds. The van der Waals surface area contributed by atoms with Crippen LogP contribution in [0.2, 0.25) is 0 Å². The molecule has 1 N–H and O–H groups in total. The Bertz CT molecular complexity index is 744. The third kappa shape index (κ3) is 6.31. The van der Waals surface area contributed by atoms with Crippen molar-refractivity contribution in [2.45, 2.75) is 71.3 Å². The number of para-hydroxylation sites is 1. The van der Waals surface area contributed by atoms with Crippen LogP contribution in [0.3, 0.4) is 0 Å². The number of nitrogens with zero attached hydrogens (tertiary/aromatic N) is 2. The van der Waals surface area contributed by atoms with Gasteiger partial charge in [-0.05, 0) is 38.3 Å². The zero-order chi connectivity index (χ0) is 22.2. The minimum Gasteiger partial charge on any atom is -0.353 e. The van der Waals surface area contributed by atoms with Gasteiger partial charge in [-0.25, -0.2) is 0 Å². The molecule has 2 aliphatic heterocycles. The van der Waals surface area contributed by atoms with Crippen LogP contribution in [0, 0.1) is 11.8 Å². The fraction of sp³-hybridized carbons (Fsp3) is 0.640. The van der Waals surface area contributed by atoms with Gasteiger partial charge in [0.05, 0.1) is 5.92 Å². The van der Waals surface area contributed by atoms with Crippen molar-refractivity contribution in [3.05, 3.63) is 30.3 Å². The quantitative estimate of drug-likeness (QED) is 0.610. The van der Waals surface area contributed by atoms with Crippen LogP contribution in [0.5, 0.6) is 0 Å². The van der Waals surface area contributed by atoms with Gasteiger partial charge in [-0.1, -0.05) is 50.8 Å². The largest absolute Gasteiger partial charge is 0.353 e. The lowest BCUT2D eigenvalue weighted by Crippen LogP contribution is -2.46. The van der Waals surface area contributed by atoms with Crippen LogP contribution in [0.4, 0.5) is 5.69 Å². The summed E-state index contributed by atoms with van der Waals surface area (Å²) in [5.41, 5.74) is 0.849. The maximum atomic E-state index is 13.0. The molecule has 3 rings (SSSR count). The topological polar surface area (TPSA) is 69.7 Å². The summed E-state index contributed by atoms with van der Waals surface area (Å²) in [7, 11) is 0. The van der Waals surface area contributed by atoms with Crippen LogP contribution in [-0.4, -0.2) is 48.3 Å². The molecule has 2 atom stereocenters. The predicted molar refractivity (Wildman–Crippen MR) is 123 cm³/mol. The highest BCUT2D eigenvalue weighted by molar-refractivity contribution is 6.00. The number of amides is 3. The van der Waals surface area contributed by atoms with Crippen LogP contribution in [-0.2, 0) is 14.4 Å². The van der Waals surface area contributed by atoms with Gasteiger partial charge in [-0.3, -0.25) is 14.4 Å². The molecular formula is C25H37N3O3. The number of piperidine rings is 1. The van der Waals surface area contributed by atoms with E-state index in [1.807, 2.05) is 35.2 Å². The van der Waals surface area contributed by atoms with Crippen LogP contribution < -0.4 is 10.2 Å². The van der Waals surface area contributed by atoms with Crippen LogP contribution in [0.1, 0.15) is 65.2 Å². The predicted octanol–water partition coefficient (Wildman–Crippen LogP) is 3.75. The molecule has 0 spiro atoms. The fourth-order valence-corrected chi connectivity index (χ4v) is 4.66. The number of hydrogen-bond acceptors (Lipinski definition) is 3. The molecule has 0 aromatic heterocycles. The zero-order valence-corrected chi connectivity index (χ0v) is 19.0. The van der Waals surface area contributed by atoms with E-state index >= 15 is 0 Å². The summed E-state index contributed by atoms with van der Waals surface area (Å²) in [6.07, 6.45) is 7.54. The van der Waals surface area contributed by atoms with E-state index in [-0.39, 0.29) is 42.0 Å². The Labute approximate surface area is 186 Å². The maximum Gasteiger partial charge on any atom is 0.228 e. The van der Waals surface area contributed by atoms with E-state index in [2.05, 4.69) is 19.2 Å². The number of anilines is 1. The number of likely N-dealkylation sites (tertiary alicyclic amines) is 1. The number of nitrogens with one attached hydrogen (secondary N) is 1. The molecule has 0 radical (unpaired) electrons. The van der Waals surface area contributed by atoms with Crippen molar-refractivity contribution in [2.75, 3.05) is 24.5 Å². The number of hydrogen-bond donors (Lipinski definition) is 1. The second-order valence-electron chi connectivity index (χ2n) is 9.10. The average molecular weight is 428 g/mol. The zero-order valence-electron chi connectivity index (χ0n) is 19.0. The molecule has 2 fully saturated rings. The number of rotatable bonds is 9. The Morgan fingerprint density at radius 2 is 1.77 bits per heavy atom. The molecule has 2 unspecified atom stereocenters. The highest BCUT2D eigenvalue weighted by Gasteiger charge is 2.38. The summed E-state index contributed by atoms with van der Waals surface area (Å²) in [6, 6.07) is 9.73. The van der Waals surface area contributed by atoms with E-state index in [0.717, 1.165) is 18.5 Å². The van der Waals surface area contributed by atoms with Gasteiger partial charge in [0.2, 0.25) is 17.7 Å². The summed E-state index contributed by atoms with van der Waals surface area (Å²) in [5.74, 6) is -0.127. The lowest BCUT2D eigenvalue weighted by atomic mass is 9.94. The highest BCUT2D eigenvalue weighted by atomic mass is 16.2. The van der Waals surface area contributed by atoms with Crippen molar-refractivity contribution in [3.63, 3.8) is 0 Å². The normalized spacial score (nSPS) is 20.7. The molecule has 1 aromatic carbocycles. The molecule has 6 heteroatoms. The maximum absolute atomic E-state index is 13.0. The highest BCUT2D eigenvalue weighted by Crippen LogP contribution is 2.28. The Morgan fingerprint density at radius 1 is 1.06 bits per heavy atom. The molecular weight excluding hydrogens is 390 g/mol. The number of unbranched alkanes of at least 4 members (excludes halogenated alkanes) is 3. The number of carbonyl (C=O) groups is 3. The molecule has 6 nitrogen and oxygen atoms in total. The first-order valence-corrected chi connectivity index (χ1v) is 11.9. The summed E-state index contributed by atoms with van der Waals surface area (Å²) in [6.45, 7) is 5.91. The van der Waals surface area contributed by atoms with E-state index in [1.54, 1.807) is 4.90 Å². The van der Waals surface area contributed by atoms with E-state index < -0.39 is 0 Å². The molecule has 0 saturated carbocycles. The van der Waals surface area contributed by atoms with Gasteiger partial charge in [0, 0.05) is 43.7 Å². The van der Waals surface area contributed by atoms with Gasteiger partial charge in [0.25, 0.3) is 0 Å². The van der Waals surface area contributed by atoms with Gasteiger partial charge in [0.15, 0.2) is 0 Å². The van der Waals surface area contributed by atoms with Crippen molar-refractivity contribution in [1.82, 2.24) is 10.2 Å². The van der Waals surface area contributed by atoms with Gasteiger partial charge in [-0.15, -0.1) is 0 Å². The average Bonchev–Trinajstić information content (AvgIpc) is 3.18. The van der Waals surface area contributed by atoms with Crippen LogP contribution >= 0.6 is 0 Å². The molecule has 1 aromatic rings. The van der Waals surface area contributed by atoms with E-state index in [1.165, 1.54) is 19.3 Å². The van der Waals surface area contributed by atoms with Crippen molar-refractivity contribution in [3.8, 4) is 0 Å². The van der Waals surface area contributed by atoms with Crippen molar-refractivity contribution < 1.29 is 14.4 Å². The fourth-order valence-electron chi connectivity index (χ4n) is 4.66. The Balaban J connectivity index is 1.42. The first-order valence-electron chi connectivity index (χ1n) is 11.9. The van der Waals surface area contributed by atoms with E-state index in [9.17, 15) is 14.4 Å². The first kappa shape index (κ1) is 23.3. The minimum absolute atomic E-state index is 0.00624. The van der Waals surface area contributed by atoms with Gasteiger partial charge < -0.3 is 15.1 Å². The second-order valence-corrected chi connectivity index (χ2v) is 9.10. The van der Waals surface area contributed by atoms with E-state index in [4.69, 9.17) is 0 Å². The Kier molecular flexibility index (Phi) is 8.50. The lowest BCUT2D eigenvalue weighted by Gasteiger charge is -2.33. The summed E-state index contributed by atoms with van der Waals surface area (Å²) >= 11 is 0. The minimum atomic E-state index is -0.291. The summed E-state index contributed by atoms with van der Waals surface area (Å²) < 4.78 is 0. The Hall–Kier alpha value is -2.37. The number of carbonyl (C=O) groups excluding carboxylic acids is 3. The molecule has 2 aliphatic rings. The SMILES string of the molecule is CCCCCCC(C)NC(=O)C1CCN(C(=O)C2CC(=O)N(c3ccccc3)C2)CC1. The monoisotopic (exact) mass is 427 g/mol. The molecule has 2 heterocycles. The number of benzene rings is 1. The third-order valence-electron chi connectivity index (χ3n) is 6.60. The summed E-state index contributed by atoms with van der Waals surface area (Å²) in [4.78, 5) is 41.6. The second kappa shape index (κ2) is 11.3. The summed E-state index contributed by atoms with van der Waals surface area (Å²) in [5, 5.41) is 3.16. The van der Waals surface area contributed by atoms with Crippen molar-refractivity contribution >= 4 is 23.4 Å². The van der Waals surface area contributed by atoms with E-state index in [0.29, 0.717) is 32.5 Å². The van der Waals surface area contributed by atoms with Gasteiger partial charge >= 0.3 is 0 Å². The Morgan fingerprint density at radius 3 is 2.45 bits per heavy atom. The lowest BCUT2D eigenvalue weighted by molar-refractivity contribution is -0.139. The molecule has 0 bridgehead atoms. The standard InChI is InChI=1S/C25H37N3O3/c1-3-4-5-7-10-19(2)26-24(30)20-13-15-27(16-14-20)25(31)21-17-23(29)28(18-21)22-11-8-6-9-12-22/h6,8-9,11-12,19-21H,3-5,7,10,13-18H2,1-2H3,(H,26,30). The smallest absolute Gasteiger partial charge is 0.228 e. The molecule has 0 aliphatic carbocycles. The van der Waals surface area contributed by atoms with Gasteiger partial charge in [-0.2, -0.15) is 0 Å². The molecule has 31 heavy (non-hydrogen) atoms. The molecule has 170 valence electrons. The van der Waals surface area contributed by atoms with Crippen molar-refractivity contribution in [1.29, 1.82) is 0 Å². The van der Waals surface area contributed by atoms with Crippen molar-refractivity contribution in [2.24, 2.45) is 11.8 Å². The van der Waals surface area contributed by atoms with Gasteiger partial charge in [0.1, 0.15) is 0 Å². The first-order chi connectivity index (χ1) is 15.0. The van der Waals surface area contributed by atoms with Crippen LogP contribution in [0.15, 0.2) is 30.3 Å². The third-order valence-corrected chi connectivity index (χ3v) is 6.60. The molecule has 2 saturated heterocycles.